The number of fused-ring (bicyclic) bond motifs is 1. The van der Waals surface area contributed by atoms with Crippen molar-refractivity contribution in [1.82, 2.24) is 5.32 Å². The van der Waals surface area contributed by atoms with Gasteiger partial charge in [0.15, 0.2) is 5.54 Å². The highest BCUT2D eigenvalue weighted by Crippen LogP contribution is 2.30. The molecule has 4 nitrogen and oxygen atoms in total. The molecule has 3 N–H and O–H groups in total. The number of amides is 2. The molecule has 4 rings (SSSR count). The molecule has 0 spiro atoms. The molecule has 0 saturated heterocycles. The summed E-state index contributed by atoms with van der Waals surface area (Å²) in [7, 11) is 0. The Morgan fingerprint density at radius 1 is 0.655 bits per heavy atom. The molecule has 0 saturated carbocycles. The molecule has 0 bridgehead atoms. The van der Waals surface area contributed by atoms with E-state index in [0.717, 1.165) is 10.8 Å². The SMILES string of the molecule is NC(=O)C(NC(=O)c1ccc2ccccc2c1)(c1ccccc1)c1ccccc1. The lowest BCUT2D eigenvalue weighted by atomic mass is 9.81. The van der Waals surface area contributed by atoms with Crippen LogP contribution in [0.3, 0.4) is 0 Å². The fraction of sp³-hybridized carbons (Fsp3) is 0.0400. The van der Waals surface area contributed by atoms with Crippen molar-refractivity contribution >= 4 is 22.6 Å². The molecule has 4 aromatic carbocycles. The minimum atomic E-state index is -1.48. The van der Waals surface area contributed by atoms with Crippen molar-refractivity contribution in [3.8, 4) is 0 Å². The number of rotatable bonds is 5. The lowest BCUT2D eigenvalue weighted by Crippen LogP contribution is -2.55. The van der Waals surface area contributed by atoms with Crippen LogP contribution in [0.15, 0.2) is 103 Å². The van der Waals surface area contributed by atoms with Crippen molar-refractivity contribution in [1.29, 1.82) is 0 Å². The molecule has 2 amide bonds. The van der Waals surface area contributed by atoms with Crippen LogP contribution in [0, 0.1) is 0 Å². The molecular formula is C25H20N2O2. The van der Waals surface area contributed by atoms with E-state index in [-0.39, 0.29) is 5.91 Å². The Labute approximate surface area is 169 Å². The van der Waals surface area contributed by atoms with E-state index in [0.29, 0.717) is 16.7 Å². The molecule has 29 heavy (non-hydrogen) atoms. The fourth-order valence-electron chi connectivity index (χ4n) is 3.61. The maximum Gasteiger partial charge on any atom is 0.252 e. The summed E-state index contributed by atoms with van der Waals surface area (Å²) in [6.45, 7) is 0. The number of hydrogen-bond donors (Lipinski definition) is 2. The van der Waals surface area contributed by atoms with E-state index in [1.54, 1.807) is 30.3 Å². The van der Waals surface area contributed by atoms with Gasteiger partial charge in [-0.3, -0.25) is 9.59 Å². The molecule has 0 unspecified atom stereocenters. The monoisotopic (exact) mass is 380 g/mol. The predicted octanol–water partition coefficient (Wildman–Crippen LogP) is 4.00. The Morgan fingerprint density at radius 3 is 1.72 bits per heavy atom. The van der Waals surface area contributed by atoms with E-state index in [1.807, 2.05) is 72.8 Å². The Bertz CT molecular complexity index is 1130. The van der Waals surface area contributed by atoms with Crippen molar-refractivity contribution in [3.05, 3.63) is 120 Å². The third-order valence-electron chi connectivity index (χ3n) is 5.10. The molecule has 4 aromatic rings. The zero-order valence-electron chi connectivity index (χ0n) is 15.7. The van der Waals surface area contributed by atoms with Crippen molar-refractivity contribution < 1.29 is 9.59 Å². The average Bonchev–Trinajstić information content (AvgIpc) is 2.78. The first-order valence-corrected chi connectivity index (χ1v) is 9.33. The van der Waals surface area contributed by atoms with E-state index in [4.69, 9.17) is 5.73 Å². The summed E-state index contributed by atoms with van der Waals surface area (Å²) >= 11 is 0. The summed E-state index contributed by atoms with van der Waals surface area (Å²) in [5, 5.41) is 4.92. The van der Waals surface area contributed by atoms with Crippen LogP contribution in [0.1, 0.15) is 21.5 Å². The second-order valence-electron chi connectivity index (χ2n) is 6.86. The number of benzene rings is 4. The maximum absolute atomic E-state index is 13.2. The molecule has 0 radical (unpaired) electrons. The molecule has 0 aliphatic carbocycles. The van der Waals surface area contributed by atoms with Gasteiger partial charge in [0.25, 0.3) is 11.8 Å². The van der Waals surface area contributed by atoms with Crippen molar-refractivity contribution in [3.63, 3.8) is 0 Å². The van der Waals surface area contributed by atoms with E-state index >= 15 is 0 Å². The summed E-state index contributed by atoms with van der Waals surface area (Å²) in [5.74, 6) is -1.02. The van der Waals surface area contributed by atoms with Gasteiger partial charge in [0.1, 0.15) is 0 Å². The van der Waals surface area contributed by atoms with Crippen LogP contribution < -0.4 is 11.1 Å². The lowest BCUT2D eigenvalue weighted by Gasteiger charge is -2.33. The highest BCUT2D eigenvalue weighted by atomic mass is 16.2. The highest BCUT2D eigenvalue weighted by molar-refractivity contribution is 6.03. The normalized spacial score (nSPS) is 11.2. The quantitative estimate of drug-likeness (QED) is 0.549. The summed E-state index contributed by atoms with van der Waals surface area (Å²) in [6.07, 6.45) is 0. The van der Waals surface area contributed by atoms with E-state index in [1.165, 1.54) is 0 Å². The first-order valence-electron chi connectivity index (χ1n) is 9.33. The van der Waals surface area contributed by atoms with Crippen molar-refractivity contribution in [2.75, 3.05) is 0 Å². The zero-order valence-corrected chi connectivity index (χ0v) is 15.7. The van der Waals surface area contributed by atoms with Gasteiger partial charge < -0.3 is 11.1 Å². The highest BCUT2D eigenvalue weighted by Gasteiger charge is 2.42. The van der Waals surface area contributed by atoms with E-state index < -0.39 is 11.4 Å². The van der Waals surface area contributed by atoms with Crippen LogP contribution in [-0.4, -0.2) is 11.8 Å². The van der Waals surface area contributed by atoms with Gasteiger partial charge in [-0.1, -0.05) is 91.0 Å². The van der Waals surface area contributed by atoms with Gasteiger partial charge in [-0.15, -0.1) is 0 Å². The molecule has 0 atom stereocenters. The standard InChI is InChI=1S/C25H20N2O2/c26-24(29)25(21-11-3-1-4-12-21,22-13-5-2-6-14-22)27-23(28)20-16-15-18-9-7-8-10-19(18)17-20/h1-17H,(H2,26,29)(H,27,28). The molecule has 0 fully saturated rings. The molecule has 0 aliphatic heterocycles. The molecule has 0 aromatic heterocycles. The number of nitrogens with two attached hydrogens (primary N) is 1. The number of carbonyl (C=O) groups excluding carboxylic acids is 2. The number of nitrogens with one attached hydrogen (secondary N) is 1. The molecular weight excluding hydrogens is 360 g/mol. The number of primary amides is 1. The third kappa shape index (κ3) is 3.36. The molecule has 0 aliphatic rings. The van der Waals surface area contributed by atoms with Crippen LogP contribution in [0.25, 0.3) is 10.8 Å². The smallest absolute Gasteiger partial charge is 0.252 e. The van der Waals surface area contributed by atoms with Gasteiger partial charge in [0.2, 0.25) is 0 Å². The van der Waals surface area contributed by atoms with Gasteiger partial charge >= 0.3 is 0 Å². The Kier molecular flexibility index (Phi) is 4.83. The largest absolute Gasteiger partial charge is 0.367 e. The minimum absolute atomic E-state index is 0.373. The van der Waals surface area contributed by atoms with Crippen LogP contribution in [-0.2, 0) is 10.3 Å². The number of hydrogen-bond acceptors (Lipinski definition) is 2. The third-order valence-corrected chi connectivity index (χ3v) is 5.10. The second kappa shape index (κ2) is 7.60. The zero-order chi connectivity index (χ0) is 20.3. The Hall–Kier alpha value is -3.92. The van der Waals surface area contributed by atoms with Crippen LogP contribution in [0.4, 0.5) is 0 Å². The first-order chi connectivity index (χ1) is 14.1. The van der Waals surface area contributed by atoms with Gasteiger partial charge in [0.05, 0.1) is 0 Å². The lowest BCUT2D eigenvalue weighted by molar-refractivity contribution is -0.122. The van der Waals surface area contributed by atoms with Crippen molar-refractivity contribution in [2.45, 2.75) is 5.54 Å². The van der Waals surface area contributed by atoms with Crippen LogP contribution in [0.2, 0.25) is 0 Å². The van der Waals surface area contributed by atoms with Gasteiger partial charge in [-0.25, -0.2) is 0 Å². The fourth-order valence-corrected chi connectivity index (χ4v) is 3.61. The summed E-state index contributed by atoms with van der Waals surface area (Å²) in [4.78, 5) is 26.0. The molecule has 142 valence electrons. The average molecular weight is 380 g/mol. The van der Waals surface area contributed by atoms with Crippen molar-refractivity contribution in [2.24, 2.45) is 5.73 Å². The van der Waals surface area contributed by atoms with Gasteiger partial charge in [-0.05, 0) is 34.0 Å². The number of carbonyl (C=O) groups is 2. The molecule has 4 heteroatoms. The van der Waals surface area contributed by atoms with Crippen LogP contribution in [0.5, 0.6) is 0 Å². The Balaban J connectivity index is 1.83. The Morgan fingerprint density at radius 2 is 1.17 bits per heavy atom. The summed E-state index contributed by atoms with van der Waals surface area (Å²) < 4.78 is 0. The topological polar surface area (TPSA) is 72.2 Å². The second-order valence-corrected chi connectivity index (χ2v) is 6.86. The maximum atomic E-state index is 13.2. The van der Waals surface area contributed by atoms with Crippen LogP contribution >= 0.6 is 0 Å². The molecule has 0 heterocycles. The summed E-state index contributed by atoms with van der Waals surface area (Å²) in [6, 6.07) is 31.4. The predicted molar refractivity (Wildman–Crippen MR) is 114 cm³/mol. The van der Waals surface area contributed by atoms with Gasteiger partial charge in [-0.2, -0.15) is 0 Å². The van der Waals surface area contributed by atoms with E-state index in [9.17, 15) is 9.59 Å². The minimum Gasteiger partial charge on any atom is -0.367 e. The first kappa shape index (κ1) is 18.4. The van der Waals surface area contributed by atoms with E-state index in [2.05, 4.69) is 5.32 Å². The van der Waals surface area contributed by atoms with Gasteiger partial charge in [0, 0.05) is 5.56 Å². The summed E-state index contributed by atoms with van der Waals surface area (Å²) in [5.41, 5.74) is 6.09.